The van der Waals surface area contributed by atoms with E-state index in [9.17, 15) is 22.8 Å². The fourth-order valence-electron chi connectivity index (χ4n) is 2.43. The van der Waals surface area contributed by atoms with Crippen molar-refractivity contribution in [3.8, 4) is 0 Å². The van der Waals surface area contributed by atoms with E-state index in [1.54, 1.807) is 0 Å². The van der Waals surface area contributed by atoms with Crippen LogP contribution >= 0.6 is 0 Å². The number of amides is 1. The molecule has 1 aromatic carbocycles. The Hall–Kier alpha value is -2.25. The number of anilines is 1. The standard InChI is InChI=1S/C15H17F3N2O3/c1-10(14(22)23)13(21)20-8-6-19(7-9-20)12-4-2-11(3-5-12)15(16,17)18/h2-5,10H,6-9H2,1H3,(H,22,23). The molecule has 126 valence electrons. The van der Waals surface area contributed by atoms with E-state index in [0.29, 0.717) is 31.9 Å². The van der Waals surface area contributed by atoms with Crippen molar-refractivity contribution in [3.63, 3.8) is 0 Å². The van der Waals surface area contributed by atoms with Gasteiger partial charge in [-0.15, -0.1) is 0 Å². The van der Waals surface area contributed by atoms with E-state index in [0.717, 1.165) is 12.1 Å². The van der Waals surface area contributed by atoms with Crippen molar-refractivity contribution in [1.29, 1.82) is 0 Å². The fourth-order valence-corrected chi connectivity index (χ4v) is 2.43. The predicted molar refractivity (Wildman–Crippen MR) is 77.0 cm³/mol. The van der Waals surface area contributed by atoms with Crippen LogP contribution < -0.4 is 4.90 Å². The maximum absolute atomic E-state index is 12.5. The number of carboxylic acids is 1. The lowest BCUT2D eigenvalue weighted by Gasteiger charge is -2.36. The highest BCUT2D eigenvalue weighted by atomic mass is 19.4. The van der Waals surface area contributed by atoms with E-state index in [4.69, 9.17) is 5.11 Å². The lowest BCUT2D eigenvalue weighted by Crippen LogP contribution is -2.51. The molecule has 1 unspecified atom stereocenters. The average molecular weight is 330 g/mol. The second kappa shape index (κ2) is 6.47. The highest BCUT2D eigenvalue weighted by molar-refractivity contribution is 5.96. The van der Waals surface area contributed by atoms with E-state index in [1.807, 2.05) is 4.90 Å². The van der Waals surface area contributed by atoms with Crippen molar-refractivity contribution >= 4 is 17.6 Å². The van der Waals surface area contributed by atoms with Crippen molar-refractivity contribution in [1.82, 2.24) is 4.90 Å². The number of hydrogen-bond acceptors (Lipinski definition) is 3. The Bertz CT molecular complexity index is 579. The molecule has 1 fully saturated rings. The van der Waals surface area contributed by atoms with Gasteiger partial charge in [-0.3, -0.25) is 9.59 Å². The summed E-state index contributed by atoms with van der Waals surface area (Å²) in [7, 11) is 0. The van der Waals surface area contributed by atoms with Gasteiger partial charge >= 0.3 is 12.1 Å². The first-order valence-electron chi connectivity index (χ1n) is 7.14. The maximum Gasteiger partial charge on any atom is 0.416 e. The summed E-state index contributed by atoms with van der Waals surface area (Å²) in [5.41, 5.74) is -0.0540. The Labute approximate surface area is 131 Å². The number of benzene rings is 1. The summed E-state index contributed by atoms with van der Waals surface area (Å²) in [5, 5.41) is 8.85. The Morgan fingerprint density at radius 2 is 1.61 bits per heavy atom. The lowest BCUT2D eigenvalue weighted by molar-refractivity contribution is -0.150. The smallest absolute Gasteiger partial charge is 0.416 e. The van der Waals surface area contributed by atoms with Gasteiger partial charge in [-0.05, 0) is 31.2 Å². The molecule has 1 aromatic rings. The number of carboxylic acid groups (broad SMARTS) is 1. The molecule has 0 aliphatic carbocycles. The second-order valence-electron chi connectivity index (χ2n) is 5.42. The monoisotopic (exact) mass is 330 g/mol. The largest absolute Gasteiger partial charge is 0.481 e. The van der Waals surface area contributed by atoms with Gasteiger partial charge < -0.3 is 14.9 Å². The van der Waals surface area contributed by atoms with Crippen molar-refractivity contribution in [3.05, 3.63) is 29.8 Å². The fraction of sp³-hybridized carbons (Fsp3) is 0.467. The molecule has 0 saturated carbocycles. The first kappa shape index (κ1) is 17.1. The van der Waals surface area contributed by atoms with E-state index in [-0.39, 0.29) is 0 Å². The zero-order valence-electron chi connectivity index (χ0n) is 12.5. The molecule has 1 aliphatic heterocycles. The molecule has 1 saturated heterocycles. The average Bonchev–Trinajstić information content (AvgIpc) is 2.53. The number of hydrogen-bond donors (Lipinski definition) is 1. The van der Waals surface area contributed by atoms with Gasteiger partial charge in [0.15, 0.2) is 0 Å². The lowest BCUT2D eigenvalue weighted by atomic mass is 10.1. The number of aliphatic carboxylic acids is 1. The number of rotatable bonds is 3. The molecule has 23 heavy (non-hydrogen) atoms. The number of carbonyl (C=O) groups excluding carboxylic acids is 1. The van der Waals surface area contributed by atoms with Crippen LogP contribution in [0.1, 0.15) is 12.5 Å². The summed E-state index contributed by atoms with van der Waals surface area (Å²) in [5.74, 6) is -2.70. The van der Waals surface area contributed by atoms with Gasteiger partial charge in [0, 0.05) is 31.9 Å². The normalized spacial score (nSPS) is 17.0. The van der Waals surface area contributed by atoms with Crippen molar-refractivity contribution in [2.24, 2.45) is 5.92 Å². The minimum atomic E-state index is -4.36. The third kappa shape index (κ3) is 3.94. The number of halogens is 3. The van der Waals surface area contributed by atoms with Crippen LogP contribution in [0.5, 0.6) is 0 Å². The molecule has 0 bridgehead atoms. The van der Waals surface area contributed by atoms with Gasteiger partial charge in [-0.25, -0.2) is 0 Å². The summed E-state index contributed by atoms with van der Waals surface area (Å²) in [6, 6.07) is 4.86. The van der Waals surface area contributed by atoms with Gasteiger partial charge in [0.2, 0.25) is 5.91 Å². The molecule has 1 atom stereocenters. The van der Waals surface area contributed by atoms with E-state index in [2.05, 4.69) is 0 Å². The zero-order chi connectivity index (χ0) is 17.2. The third-order valence-corrected chi connectivity index (χ3v) is 3.89. The highest BCUT2D eigenvalue weighted by Crippen LogP contribution is 2.30. The molecule has 1 heterocycles. The molecule has 2 rings (SSSR count). The molecule has 8 heteroatoms. The van der Waals surface area contributed by atoms with Crippen LogP contribution in [0.25, 0.3) is 0 Å². The molecular formula is C15H17F3N2O3. The summed E-state index contributed by atoms with van der Waals surface area (Å²) in [4.78, 5) is 26.1. The third-order valence-electron chi connectivity index (χ3n) is 3.89. The van der Waals surface area contributed by atoms with Crippen LogP contribution in [0.2, 0.25) is 0 Å². The van der Waals surface area contributed by atoms with Crippen molar-refractivity contribution in [2.45, 2.75) is 13.1 Å². The molecule has 5 nitrogen and oxygen atoms in total. The zero-order valence-corrected chi connectivity index (χ0v) is 12.5. The molecule has 1 amide bonds. The molecule has 1 N–H and O–H groups in total. The topological polar surface area (TPSA) is 60.9 Å². The molecule has 1 aliphatic rings. The minimum absolute atomic E-state index is 0.345. The van der Waals surface area contributed by atoms with Gasteiger partial charge in [-0.1, -0.05) is 0 Å². The molecule has 0 radical (unpaired) electrons. The van der Waals surface area contributed by atoms with Crippen LogP contribution in [-0.2, 0) is 15.8 Å². The Balaban J connectivity index is 1.97. The summed E-state index contributed by atoms with van der Waals surface area (Å²) >= 11 is 0. The van der Waals surface area contributed by atoms with Gasteiger partial charge in [0.25, 0.3) is 0 Å². The van der Waals surface area contributed by atoms with Crippen LogP contribution in [-0.4, -0.2) is 48.1 Å². The van der Waals surface area contributed by atoms with Crippen LogP contribution in [0.3, 0.4) is 0 Å². The minimum Gasteiger partial charge on any atom is -0.481 e. The summed E-state index contributed by atoms with van der Waals surface area (Å²) in [6.45, 7) is 2.93. The predicted octanol–water partition coefficient (Wildman–Crippen LogP) is 2.07. The summed E-state index contributed by atoms with van der Waals surface area (Å²) in [6.07, 6.45) is -4.36. The van der Waals surface area contributed by atoms with E-state index >= 15 is 0 Å². The van der Waals surface area contributed by atoms with Crippen molar-refractivity contribution in [2.75, 3.05) is 31.1 Å². The van der Waals surface area contributed by atoms with Gasteiger partial charge in [-0.2, -0.15) is 13.2 Å². The highest BCUT2D eigenvalue weighted by Gasteiger charge is 2.31. The van der Waals surface area contributed by atoms with Crippen LogP contribution in [0.15, 0.2) is 24.3 Å². The number of alkyl halides is 3. The van der Waals surface area contributed by atoms with Gasteiger partial charge in [0.05, 0.1) is 5.56 Å². The number of nitrogens with zero attached hydrogens (tertiary/aromatic N) is 2. The molecule has 0 spiro atoms. The van der Waals surface area contributed by atoms with Crippen LogP contribution in [0.4, 0.5) is 18.9 Å². The number of carbonyl (C=O) groups is 2. The first-order valence-corrected chi connectivity index (χ1v) is 7.14. The summed E-state index contributed by atoms with van der Waals surface area (Å²) < 4.78 is 37.6. The molecular weight excluding hydrogens is 313 g/mol. The van der Waals surface area contributed by atoms with Crippen LogP contribution in [0, 0.1) is 5.92 Å². The quantitative estimate of drug-likeness (QED) is 0.862. The maximum atomic E-state index is 12.5. The van der Waals surface area contributed by atoms with Gasteiger partial charge in [0.1, 0.15) is 5.92 Å². The Morgan fingerprint density at radius 3 is 2.04 bits per heavy atom. The van der Waals surface area contributed by atoms with E-state index < -0.39 is 29.5 Å². The van der Waals surface area contributed by atoms with Crippen molar-refractivity contribution < 1.29 is 27.9 Å². The first-order chi connectivity index (χ1) is 10.7. The molecule has 0 aromatic heterocycles. The van der Waals surface area contributed by atoms with E-state index in [1.165, 1.54) is 24.0 Å². The second-order valence-corrected chi connectivity index (χ2v) is 5.42. The SMILES string of the molecule is CC(C(=O)O)C(=O)N1CCN(c2ccc(C(F)(F)F)cc2)CC1. The Kier molecular flexibility index (Phi) is 4.82. The Morgan fingerprint density at radius 1 is 1.09 bits per heavy atom. The number of piperazine rings is 1.